The van der Waals surface area contributed by atoms with Gasteiger partial charge in [-0.2, -0.15) is 0 Å². The first-order valence-electron chi connectivity index (χ1n) is 8.08. The van der Waals surface area contributed by atoms with Crippen molar-refractivity contribution < 1.29 is 13.9 Å². The van der Waals surface area contributed by atoms with E-state index in [-0.39, 0.29) is 11.6 Å². The molecule has 0 spiro atoms. The number of rotatable bonds is 4. The van der Waals surface area contributed by atoms with Gasteiger partial charge in [0.2, 0.25) is 0 Å². The number of nitrogens with one attached hydrogen (secondary N) is 1. The number of carbonyl (C=O) groups is 1. The Morgan fingerprint density at radius 1 is 0.963 bits per heavy atom. The van der Waals surface area contributed by atoms with Crippen molar-refractivity contribution in [1.29, 1.82) is 0 Å². The van der Waals surface area contributed by atoms with Crippen molar-refractivity contribution in [2.24, 2.45) is 0 Å². The van der Waals surface area contributed by atoms with Gasteiger partial charge in [-0.3, -0.25) is 4.79 Å². The van der Waals surface area contributed by atoms with E-state index in [1.807, 2.05) is 18.2 Å². The van der Waals surface area contributed by atoms with Crippen LogP contribution in [0.1, 0.15) is 10.4 Å². The van der Waals surface area contributed by atoms with Crippen LogP contribution in [0.2, 0.25) is 0 Å². The molecule has 0 fully saturated rings. The number of amides is 1. The maximum absolute atomic E-state index is 12.4. The van der Waals surface area contributed by atoms with E-state index in [1.54, 1.807) is 36.4 Å². The molecule has 0 atom stereocenters. The van der Waals surface area contributed by atoms with Gasteiger partial charge in [0.05, 0.1) is 18.1 Å². The van der Waals surface area contributed by atoms with Crippen molar-refractivity contribution in [1.82, 2.24) is 9.97 Å². The predicted octanol–water partition coefficient (Wildman–Crippen LogP) is 3.63. The van der Waals surface area contributed by atoms with E-state index < -0.39 is 11.5 Å². The Labute approximate surface area is 153 Å². The van der Waals surface area contributed by atoms with E-state index in [1.165, 1.54) is 18.5 Å². The van der Waals surface area contributed by atoms with Crippen LogP contribution in [0.3, 0.4) is 0 Å². The molecule has 7 heteroatoms. The van der Waals surface area contributed by atoms with Gasteiger partial charge in [0, 0.05) is 5.39 Å². The van der Waals surface area contributed by atoms with Crippen molar-refractivity contribution in [3.05, 3.63) is 89.0 Å². The molecule has 0 saturated carbocycles. The number of hydrogen-bond donors (Lipinski definition) is 1. The van der Waals surface area contributed by atoms with Crippen LogP contribution >= 0.6 is 0 Å². The molecule has 0 aliphatic carbocycles. The molecular weight excluding hydrogens is 346 g/mol. The van der Waals surface area contributed by atoms with Gasteiger partial charge in [0.1, 0.15) is 16.9 Å². The van der Waals surface area contributed by atoms with Gasteiger partial charge in [0.25, 0.3) is 5.91 Å². The molecule has 0 unspecified atom stereocenters. The largest absolute Gasteiger partial charge is 0.424 e. The van der Waals surface area contributed by atoms with E-state index in [2.05, 4.69) is 15.3 Å². The van der Waals surface area contributed by atoms with Crippen LogP contribution in [0.5, 0.6) is 11.8 Å². The van der Waals surface area contributed by atoms with Gasteiger partial charge in [0.15, 0.2) is 0 Å². The number of nitrogens with zero attached hydrogens (tertiary/aromatic N) is 2. The standard InChI is InChI=1S/C20H13N3O4/c24-18(16-10-13-6-4-5-9-17(13)27-19(16)25)23-14-11-21-20(22-12-14)26-15-7-2-1-3-8-15/h1-12H,(H,23,24). The molecule has 0 aliphatic heterocycles. The number of carbonyl (C=O) groups excluding carboxylic acids is 1. The molecule has 7 nitrogen and oxygen atoms in total. The number of para-hydroxylation sites is 2. The zero-order valence-corrected chi connectivity index (χ0v) is 14.0. The van der Waals surface area contributed by atoms with Crippen molar-refractivity contribution >= 4 is 22.6 Å². The smallest absolute Gasteiger partial charge is 0.349 e. The maximum atomic E-state index is 12.4. The van der Waals surface area contributed by atoms with Crippen LogP contribution in [0.4, 0.5) is 5.69 Å². The van der Waals surface area contributed by atoms with Gasteiger partial charge in [-0.25, -0.2) is 14.8 Å². The lowest BCUT2D eigenvalue weighted by Crippen LogP contribution is -2.20. The summed E-state index contributed by atoms with van der Waals surface area (Å²) in [6, 6.07) is 17.7. The van der Waals surface area contributed by atoms with E-state index in [4.69, 9.17) is 9.15 Å². The summed E-state index contributed by atoms with van der Waals surface area (Å²) < 4.78 is 10.7. The van der Waals surface area contributed by atoms with Crippen LogP contribution in [0, 0.1) is 0 Å². The molecule has 27 heavy (non-hydrogen) atoms. The first-order valence-corrected chi connectivity index (χ1v) is 8.08. The quantitative estimate of drug-likeness (QED) is 0.559. The summed E-state index contributed by atoms with van der Waals surface area (Å²) in [4.78, 5) is 32.5. The fourth-order valence-corrected chi connectivity index (χ4v) is 2.45. The lowest BCUT2D eigenvalue weighted by atomic mass is 10.2. The van der Waals surface area contributed by atoms with Crippen molar-refractivity contribution in [2.45, 2.75) is 0 Å². The van der Waals surface area contributed by atoms with Crippen molar-refractivity contribution in [3.8, 4) is 11.8 Å². The second-order valence-electron chi connectivity index (χ2n) is 5.61. The summed E-state index contributed by atoms with van der Waals surface area (Å²) in [6.45, 7) is 0. The van der Waals surface area contributed by atoms with Crippen LogP contribution < -0.4 is 15.7 Å². The Morgan fingerprint density at radius 2 is 1.67 bits per heavy atom. The Morgan fingerprint density at radius 3 is 2.44 bits per heavy atom. The molecule has 0 bridgehead atoms. The highest BCUT2D eigenvalue weighted by Gasteiger charge is 2.14. The third-order valence-corrected chi connectivity index (χ3v) is 3.72. The molecule has 4 rings (SSSR count). The van der Waals surface area contributed by atoms with Gasteiger partial charge >= 0.3 is 11.6 Å². The maximum Gasteiger partial charge on any atom is 0.349 e. The summed E-state index contributed by atoms with van der Waals surface area (Å²) in [5.74, 6) is -0.00196. The molecule has 2 aromatic heterocycles. The summed E-state index contributed by atoms with van der Waals surface area (Å²) in [7, 11) is 0. The third-order valence-electron chi connectivity index (χ3n) is 3.72. The lowest BCUT2D eigenvalue weighted by molar-refractivity contribution is 0.102. The number of ether oxygens (including phenoxy) is 1. The molecule has 1 amide bonds. The first kappa shape index (κ1) is 16.5. The minimum absolute atomic E-state index is 0.0988. The second-order valence-corrected chi connectivity index (χ2v) is 5.61. The first-order chi connectivity index (χ1) is 13.2. The van der Waals surface area contributed by atoms with Gasteiger partial charge in [-0.05, 0) is 24.3 Å². The average molecular weight is 359 g/mol. The van der Waals surface area contributed by atoms with Crippen molar-refractivity contribution in [2.75, 3.05) is 5.32 Å². The van der Waals surface area contributed by atoms with Crippen LogP contribution in [-0.2, 0) is 0 Å². The third kappa shape index (κ3) is 3.67. The number of fused-ring (bicyclic) bond motifs is 1. The Hall–Kier alpha value is -4.00. The zero-order valence-electron chi connectivity index (χ0n) is 14.0. The van der Waals surface area contributed by atoms with Crippen molar-refractivity contribution in [3.63, 3.8) is 0 Å². The average Bonchev–Trinajstić information content (AvgIpc) is 2.69. The van der Waals surface area contributed by atoms with E-state index >= 15 is 0 Å². The molecular formula is C20H13N3O4. The zero-order chi connectivity index (χ0) is 18.6. The van der Waals surface area contributed by atoms with Gasteiger partial charge < -0.3 is 14.5 Å². The Bertz CT molecular complexity index is 1160. The van der Waals surface area contributed by atoms with Gasteiger partial charge in [-0.15, -0.1) is 0 Å². The van der Waals surface area contributed by atoms with Gasteiger partial charge in [-0.1, -0.05) is 36.4 Å². The van der Waals surface area contributed by atoms with E-state index in [9.17, 15) is 9.59 Å². The van der Waals surface area contributed by atoms with Crippen LogP contribution in [0.15, 0.2) is 82.3 Å². The number of benzene rings is 2. The Balaban J connectivity index is 1.51. The highest BCUT2D eigenvalue weighted by atomic mass is 16.5. The highest BCUT2D eigenvalue weighted by molar-refractivity contribution is 6.05. The summed E-state index contributed by atoms with van der Waals surface area (Å²) >= 11 is 0. The highest BCUT2D eigenvalue weighted by Crippen LogP contribution is 2.18. The molecule has 2 heterocycles. The minimum atomic E-state index is -0.712. The molecule has 1 N–H and O–H groups in total. The number of hydrogen-bond acceptors (Lipinski definition) is 6. The molecule has 0 saturated heterocycles. The summed E-state index contributed by atoms with van der Waals surface area (Å²) in [5.41, 5.74) is -0.0628. The molecule has 4 aromatic rings. The normalized spacial score (nSPS) is 10.5. The number of anilines is 1. The Kier molecular flexibility index (Phi) is 4.32. The molecule has 2 aromatic carbocycles. The lowest BCUT2D eigenvalue weighted by Gasteiger charge is -2.06. The molecule has 132 valence electrons. The minimum Gasteiger partial charge on any atom is -0.424 e. The predicted molar refractivity (Wildman–Crippen MR) is 99.0 cm³/mol. The van der Waals surface area contributed by atoms with Crippen LogP contribution in [-0.4, -0.2) is 15.9 Å². The van der Waals surface area contributed by atoms with Crippen LogP contribution in [0.25, 0.3) is 11.0 Å². The second kappa shape index (κ2) is 7.09. The fraction of sp³-hybridized carbons (Fsp3) is 0. The van der Waals surface area contributed by atoms with E-state index in [0.29, 0.717) is 22.4 Å². The summed E-state index contributed by atoms with van der Waals surface area (Å²) in [6.07, 6.45) is 2.79. The molecule has 0 aliphatic rings. The summed E-state index contributed by atoms with van der Waals surface area (Å²) in [5, 5.41) is 3.23. The topological polar surface area (TPSA) is 94.3 Å². The number of aromatic nitrogens is 2. The SMILES string of the molecule is O=C(Nc1cnc(Oc2ccccc2)nc1)c1cc2ccccc2oc1=O. The fourth-order valence-electron chi connectivity index (χ4n) is 2.45. The monoisotopic (exact) mass is 359 g/mol. The van der Waals surface area contributed by atoms with E-state index in [0.717, 1.165) is 0 Å². The molecule has 0 radical (unpaired) electrons.